The lowest BCUT2D eigenvalue weighted by atomic mass is 9.94. The molecule has 2 aromatic heterocycles. The Balaban J connectivity index is 1.22. The van der Waals surface area contributed by atoms with Crippen molar-refractivity contribution in [2.24, 2.45) is 5.92 Å². The molecule has 3 heterocycles. The molecule has 3 N–H and O–H groups in total. The Kier molecular flexibility index (Phi) is 13.9. The highest BCUT2D eigenvalue weighted by atomic mass is 16.5. The number of hydrogen-bond acceptors (Lipinski definition) is 9. The van der Waals surface area contributed by atoms with Crippen LogP contribution in [-0.4, -0.2) is 66.1 Å². The largest absolute Gasteiger partial charge is 0.494 e. The van der Waals surface area contributed by atoms with Crippen molar-refractivity contribution in [3.05, 3.63) is 92.6 Å². The van der Waals surface area contributed by atoms with Gasteiger partial charge in [0.1, 0.15) is 11.7 Å². The Morgan fingerprint density at radius 1 is 0.981 bits per heavy atom. The number of nitrogens with one attached hydrogen (secondary N) is 2. The van der Waals surface area contributed by atoms with Crippen LogP contribution in [0.5, 0.6) is 11.6 Å². The average molecular weight is 743 g/mol. The van der Waals surface area contributed by atoms with Gasteiger partial charge in [-0.15, -0.1) is 0 Å². The van der Waals surface area contributed by atoms with Crippen molar-refractivity contribution in [3.8, 4) is 22.8 Å². The third-order valence-corrected chi connectivity index (χ3v) is 10.1. The Morgan fingerprint density at radius 3 is 2.33 bits per heavy atom. The molecule has 1 amide bonds. The van der Waals surface area contributed by atoms with Crippen molar-refractivity contribution in [2.45, 2.75) is 92.2 Å². The van der Waals surface area contributed by atoms with Crippen LogP contribution in [0.4, 0.5) is 5.69 Å². The number of aromatic amines is 1. The number of benzene rings is 2. The van der Waals surface area contributed by atoms with Gasteiger partial charge in [-0.05, 0) is 123 Å². The van der Waals surface area contributed by atoms with Crippen LogP contribution in [0.1, 0.15) is 97.3 Å². The van der Waals surface area contributed by atoms with E-state index in [1.54, 1.807) is 6.07 Å². The van der Waals surface area contributed by atoms with Crippen molar-refractivity contribution in [3.63, 3.8) is 0 Å². The summed E-state index contributed by atoms with van der Waals surface area (Å²) in [4.78, 5) is 43.3. The van der Waals surface area contributed by atoms with Gasteiger partial charge in [0, 0.05) is 60.9 Å². The highest BCUT2D eigenvalue weighted by Crippen LogP contribution is 2.35. The van der Waals surface area contributed by atoms with Gasteiger partial charge in [0.25, 0.3) is 17.3 Å². The minimum Gasteiger partial charge on any atom is -0.494 e. The number of amides is 1. The third-order valence-electron chi connectivity index (χ3n) is 10.1. The minimum atomic E-state index is -0.949. The maximum atomic E-state index is 13.8. The molecule has 0 aliphatic carbocycles. The monoisotopic (exact) mass is 742 g/mol. The van der Waals surface area contributed by atoms with E-state index in [4.69, 9.17) is 18.7 Å². The van der Waals surface area contributed by atoms with Crippen LogP contribution in [0.2, 0.25) is 0 Å². The van der Waals surface area contributed by atoms with E-state index in [-0.39, 0.29) is 23.9 Å². The lowest BCUT2D eigenvalue weighted by molar-refractivity contribution is -0.140. The molecule has 290 valence electrons. The Labute approximate surface area is 317 Å². The number of aryl methyl sites for hydroxylation is 2. The number of H-pyrrole nitrogens is 1. The molecule has 54 heavy (non-hydrogen) atoms. The van der Waals surface area contributed by atoms with Crippen molar-refractivity contribution in [1.82, 2.24) is 15.5 Å². The predicted molar refractivity (Wildman–Crippen MR) is 208 cm³/mol. The minimum absolute atomic E-state index is 0.130. The second-order valence-corrected chi connectivity index (χ2v) is 14.3. The van der Waals surface area contributed by atoms with Crippen LogP contribution in [0.15, 0.2) is 57.8 Å². The van der Waals surface area contributed by atoms with Crippen LogP contribution in [0, 0.1) is 26.7 Å². The quantitative estimate of drug-likeness (QED) is 0.0882. The van der Waals surface area contributed by atoms with Gasteiger partial charge in [0.15, 0.2) is 5.76 Å². The summed E-state index contributed by atoms with van der Waals surface area (Å²) in [6, 6.07) is 15.8. The van der Waals surface area contributed by atoms with Crippen LogP contribution < -0.4 is 25.2 Å². The van der Waals surface area contributed by atoms with Crippen molar-refractivity contribution < 1.29 is 33.4 Å². The fourth-order valence-electron chi connectivity index (χ4n) is 7.10. The average Bonchev–Trinajstić information content (AvgIpc) is 3.59. The summed E-state index contributed by atoms with van der Waals surface area (Å²) in [6.07, 6.45) is 4.33. The number of aliphatic carboxylic acids is 1. The molecule has 12 nitrogen and oxygen atoms in total. The number of carbonyl (C=O) groups is 2. The lowest BCUT2D eigenvalue weighted by Crippen LogP contribution is -2.40. The second kappa shape index (κ2) is 18.8. The number of carbonyl (C=O) groups excluding carboxylic acids is 1. The molecule has 1 unspecified atom stereocenters. The molecule has 4 aromatic rings. The maximum Gasteiger partial charge on any atom is 0.314 e. The van der Waals surface area contributed by atoms with Crippen LogP contribution >= 0.6 is 0 Å². The van der Waals surface area contributed by atoms with E-state index in [2.05, 4.69) is 33.3 Å². The number of carboxylic acid groups (broad SMARTS) is 1. The van der Waals surface area contributed by atoms with E-state index >= 15 is 0 Å². The number of hydrogen-bond donors (Lipinski definition) is 3. The Bertz CT molecular complexity index is 1930. The summed E-state index contributed by atoms with van der Waals surface area (Å²) >= 11 is 0. The van der Waals surface area contributed by atoms with Gasteiger partial charge < -0.3 is 39.0 Å². The summed E-state index contributed by atoms with van der Waals surface area (Å²) in [5, 5.41) is 16.3. The van der Waals surface area contributed by atoms with Crippen LogP contribution in [0.25, 0.3) is 11.1 Å². The van der Waals surface area contributed by atoms with Gasteiger partial charge in [-0.25, -0.2) is 0 Å². The van der Waals surface area contributed by atoms with Gasteiger partial charge in [-0.3, -0.25) is 14.4 Å². The maximum absolute atomic E-state index is 13.8. The van der Waals surface area contributed by atoms with Gasteiger partial charge in [0.2, 0.25) is 0 Å². The van der Waals surface area contributed by atoms with E-state index in [1.807, 2.05) is 71.0 Å². The molecular formula is C42H54N4O8. The standard InChI is InChI=1S/C42H54N4O8/c1-7-46(32-15-19-51-20-16-32)36-23-31(22-34(29(36)6)40(47)43-25-35-27(4)21-28(5)44-41(35)48)30-11-13-33(14-12-30)52-17-9-8-10-18-53-38-24-37(54-45-38)39(26(2)3)42(49)50/h11-14,21-24,26,32,39H,7-10,15-20,25H2,1-6H3,(H,43,47)(H,44,48)(H,49,50). The molecular weight excluding hydrogens is 688 g/mol. The molecule has 12 heteroatoms. The Morgan fingerprint density at radius 2 is 1.69 bits per heavy atom. The highest BCUT2D eigenvalue weighted by molar-refractivity contribution is 5.99. The van der Waals surface area contributed by atoms with E-state index in [9.17, 15) is 19.5 Å². The first-order valence-electron chi connectivity index (χ1n) is 19.0. The zero-order valence-corrected chi connectivity index (χ0v) is 32.3. The number of aromatic nitrogens is 2. The lowest BCUT2D eigenvalue weighted by Gasteiger charge is -2.37. The predicted octanol–water partition coefficient (Wildman–Crippen LogP) is 7.34. The molecule has 0 saturated carbocycles. The molecule has 2 aromatic carbocycles. The van der Waals surface area contributed by atoms with Gasteiger partial charge in [-0.2, -0.15) is 0 Å². The van der Waals surface area contributed by atoms with Crippen LogP contribution in [0.3, 0.4) is 0 Å². The molecule has 0 bridgehead atoms. The zero-order valence-electron chi connectivity index (χ0n) is 32.3. The van der Waals surface area contributed by atoms with Gasteiger partial charge >= 0.3 is 5.97 Å². The zero-order chi connectivity index (χ0) is 38.8. The molecule has 1 fully saturated rings. The number of unbranched alkanes of at least 4 members (excludes halogenated alkanes) is 2. The summed E-state index contributed by atoms with van der Waals surface area (Å²) in [6.45, 7) is 14.8. The summed E-state index contributed by atoms with van der Waals surface area (Å²) in [5.74, 6) is -0.731. The van der Waals surface area contributed by atoms with Gasteiger partial charge in [-0.1, -0.05) is 26.0 Å². The van der Waals surface area contributed by atoms with E-state index in [0.717, 1.165) is 78.0 Å². The number of nitrogens with zero attached hydrogens (tertiary/aromatic N) is 2. The third kappa shape index (κ3) is 10.1. The highest BCUT2D eigenvalue weighted by Gasteiger charge is 2.28. The fourth-order valence-corrected chi connectivity index (χ4v) is 7.10. The number of rotatable bonds is 18. The second-order valence-electron chi connectivity index (χ2n) is 14.3. The fraction of sp³-hybridized carbons (Fsp3) is 0.476. The van der Waals surface area contributed by atoms with Crippen molar-refractivity contribution in [1.29, 1.82) is 0 Å². The molecule has 1 aliphatic rings. The van der Waals surface area contributed by atoms with Crippen molar-refractivity contribution >= 4 is 17.6 Å². The first kappa shape index (κ1) is 40.1. The van der Waals surface area contributed by atoms with Crippen LogP contribution in [-0.2, 0) is 16.1 Å². The normalized spacial score (nSPS) is 13.8. The first-order chi connectivity index (χ1) is 26.0. The number of ether oxygens (including phenoxy) is 3. The topological polar surface area (TPSA) is 156 Å². The summed E-state index contributed by atoms with van der Waals surface area (Å²) in [5.41, 5.74) is 6.35. The van der Waals surface area contributed by atoms with E-state index < -0.39 is 11.9 Å². The number of anilines is 1. The summed E-state index contributed by atoms with van der Waals surface area (Å²) in [7, 11) is 0. The van der Waals surface area contributed by atoms with Crippen molar-refractivity contribution in [2.75, 3.05) is 37.9 Å². The molecule has 1 saturated heterocycles. The molecule has 1 atom stereocenters. The van der Waals surface area contributed by atoms with Gasteiger partial charge in [0.05, 0.1) is 13.2 Å². The summed E-state index contributed by atoms with van der Waals surface area (Å²) < 4.78 is 22.6. The SMILES string of the molecule is CCN(c1cc(-c2ccc(OCCCCCOc3cc(C(C(=O)O)C(C)C)on3)cc2)cc(C(=O)NCc2c(C)cc(C)[nH]c2=O)c1C)C1CCOCC1. The molecule has 1 aliphatic heterocycles. The first-order valence-corrected chi connectivity index (χ1v) is 19.0. The number of carboxylic acids is 1. The van der Waals surface area contributed by atoms with E-state index in [1.165, 1.54) is 0 Å². The molecule has 0 spiro atoms. The Hall–Kier alpha value is -5.10. The molecule has 0 radical (unpaired) electrons. The number of pyridine rings is 1. The smallest absolute Gasteiger partial charge is 0.314 e. The van der Waals surface area contributed by atoms with E-state index in [0.29, 0.717) is 55.2 Å². The molecule has 5 rings (SSSR count).